The van der Waals surface area contributed by atoms with E-state index in [2.05, 4.69) is 55.7 Å². The number of aromatic nitrogens is 3. The maximum atomic E-state index is 13.7. The van der Waals surface area contributed by atoms with Gasteiger partial charge in [-0.1, -0.05) is 30.3 Å². The summed E-state index contributed by atoms with van der Waals surface area (Å²) in [4.78, 5) is 32.4. The van der Waals surface area contributed by atoms with Gasteiger partial charge in [0.05, 0.1) is 18.3 Å². The number of benzene rings is 3. The highest BCUT2D eigenvalue weighted by Crippen LogP contribution is 2.41. The Hall–Kier alpha value is -4.59. The molecule has 2 atom stereocenters. The van der Waals surface area contributed by atoms with Gasteiger partial charge in [-0.15, -0.1) is 0 Å². The molecule has 45 heavy (non-hydrogen) atoms. The molecule has 2 amide bonds. The third-order valence-electron chi connectivity index (χ3n) is 10.1. The lowest BCUT2D eigenvalue weighted by molar-refractivity contribution is -0.119. The van der Waals surface area contributed by atoms with E-state index in [0.717, 1.165) is 65.2 Å². The van der Waals surface area contributed by atoms with Crippen LogP contribution in [-0.2, 0) is 24.9 Å². The molecule has 8 nitrogen and oxygen atoms in total. The Morgan fingerprint density at radius 3 is 2.58 bits per heavy atom. The molecule has 8 rings (SSSR count). The van der Waals surface area contributed by atoms with E-state index in [0.29, 0.717) is 35.7 Å². The van der Waals surface area contributed by atoms with Crippen molar-refractivity contribution in [1.29, 1.82) is 0 Å². The highest BCUT2D eigenvalue weighted by Gasteiger charge is 2.40. The standard InChI is InChI=1S/C37H39N5O3/c1-22(43)38-19-24-5-4-6-26(13-24)27-10-11-28-17-33(42(32(28)16-27)20-23-7-8-23)36-39-31-15-29(18-34(45-3)35(31)40(36)2)37(44)41-21-25-9-12-30(41)14-25/h4-6,10-11,13,15-18,23,25,30H,7-9,12,14,19-21H2,1-3H3,(H,38,43). The van der Waals surface area contributed by atoms with Gasteiger partial charge >= 0.3 is 0 Å². The first kappa shape index (κ1) is 27.9. The van der Waals surface area contributed by atoms with Crippen LogP contribution < -0.4 is 10.1 Å². The van der Waals surface area contributed by atoms with Crippen LogP contribution >= 0.6 is 0 Å². The molecule has 1 N–H and O–H groups in total. The quantitative estimate of drug-likeness (QED) is 0.219. The smallest absolute Gasteiger partial charge is 0.254 e. The zero-order valence-electron chi connectivity index (χ0n) is 26.2. The zero-order chi connectivity index (χ0) is 30.8. The van der Waals surface area contributed by atoms with Crippen molar-refractivity contribution in [2.45, 2.75) is 58.2 Å². The van der Waals surface area contributed by atoms with Gasteiger partial charge in [-0.05, 0) is 91.0 Å². The molecule has 0 spiro atoms. The third-order valence-corrected chi connectivity index (χ3v) is 10.1. The summed E-state index contributed by atoms with van der Waals surface area (Å²) in [6, 6.07) is 21.5. The van der Waals surface area contributed by atoms with Crippen LogP contribution in [0.1, 0.15) is 54.9 Å². The van der Waals surface area contributed by atoms with Crippen molar-refractivity contribution in [3.63, 3.8) is 0 Å². The maximum Gasteiger partial charge on any atom is 0.254 e. The second kappa shape index (κ2) is 10.8. The average molecular weight is 602 g/mol. The molecule has 2 bridgehead atoms. The number of carbonyl (C=O) groups excluding carboxylic acids is 2. The summed E-state index contributed by atoms with van der Waals surface area (Å²) < 4.78 is 10.4. The minimum absolute atomic E-state index is 0.0342. The highest BCUT2D eigenvalue weighted by molar-refractivity contribution is 6.00. The van der Waals surface area contributed by atoms with Crippen molar-refractivity contribution in [3.8, 4) is 28.4 Å². The van der Waals surface area contributed by atoms with Gasteiger partial charge in [0, 0.05) is 56.1 Å². The zero-order valence-corrected chi connectivity index (χ0v) is 26.2. The molecular weight excluding hydrogens is 562 g/mol. The number of piperidine rings is 1. The van der Waals surface area contributed by atoms with Gasteiger partial charge in [-0.25, -0.2) is 4.98 Å². The number of hydrogen-bond donors (Lipinski definition) is 1. The summed E-state index contributed by atoms with van der Waals surface area (Å²) in [7, 11) is 3.71. The number of fused-ring (bicyclic) bond motifs is 4. The van der Waals surface area contributed by atoms with Gasteiger partial charge < -0.3 is 24.1 Å². The third kappa shape index (κ3) is 4.96. The SMILES string of the molecule is COc1cc(C(=O)N2CC3CCC2C3)cc2nc(-c3cc4ccc(-c5cccc(CNC(C)=O)c5)cc4n3CC3CC3)n(C)c12. The lowest BCUT2D eigenvalue weighted by atomic mass is 10.0. The Kier molecular flexibility index (Phi) is 6.69. The van der Waals surface area contributed by atoms with Crippen LogP contribution in [0.3, 0.4) is 0 Å². The van der Waals surface area contributed by atoms with Crippen LogP contribution in [0, 0.1) is 11.8 Å². The molecule has 0 radical (unpaired) electrons. The molecule has 3 aliphatic rings. The average Bonchev–Trinajstić information content (AvgIpc) is 3.33. The summed E-state index contributed by atoms with van der Waals surface area (Å²) in [5.74, 6) is 2.90. The monoisotopic (exact) mass is 601 g/mol. The largest absolute Gasteiger partial charge is 0.494 e. The molecular formula is C37H39N5O3. The van der Waals surface area contributed by atoms with E-state index in [-0.39, 0.29) is 11.8 Å². The minimum Gasteiger partial charge on any atom is -0.494 e. The molecule has 1 saturated heterocycles. The van der Waals surface area contributed by atoms with E-state index in [9.17, 15) is 9.59 Å². The van der Waals surface area contributed by atoms with Crippen molar-refractivity contribution >= 4 is 33.8 Å². The van der Waals surface area contributed by atoms with Gasteiger partial charge in [-0.2, -0.15) is 0 Å². The number of nitrogens with zero attached hydrogens (tertiary/aromatic N) is 4. The molecule has 2 aromatic heterocycles. The van der Waals surface area contributed by atoms with Crippen molar-refractivity contribution in [2.75, 3.05) is 13.7 Å². The lowest BCUT2D eigenvalue weighted by Crippen LogP contribution is -2.37. The fraction of sp³-hybridized carbons (Fsp3) is 0.378. The molecule has 5 aromatic rings. The first-order valence-electron chi connectivity index (χ1n) is 16.2. The number of ether oxygens (including phenoxy) is 1. The summed E-state index contributed by atoms with van der Waals surface area (Å²) in [6.45, 7) is 3.85. The first-order chi connectivity index (χ1) is 21.9. The Balaban J connectivity index is 1.21. The molecule has 230 valence electrons. The topological polar surface area (TPSA) is 81.4 Å². The number of amides is 2. The first-order valence-corrected chi connectivity index (χ1v) is 16.2. The molecule has 3 heterocycles. The number of aryl methyl sites for hydroxylation is 1. The molecule has 2 unspecified atom stereocenters. The number of imidazole rings is 1. The molecule has 3 fully saturated rings. The summed E-state index contributed by atoms with van der Waals surface area (Å²) >= 11 is 0. The highest BCUT2D eigenvalue weighted by atomic mass is 16.5. The number of likely N-dealkylation sites (tertiary alicyclic amines) is 1. The lowest BCUT2D eigenvalue weighted by Gasteiger charge is -2.27. The van der Waals surface area contributed by atoms with Gasteiger partial charge in [0.25, 0.3) is 5.91 Å². The van der Waals surface area contributed by atoms with Crippen LogP contribution in [0.5, 0.6) is 5.75 Å². The fourth-order valence-corrected chi connectivity index (χ4v) is 7.62. The Bertz CT molecular complexity index is 1980. The van der Waals surface area contributed by atoms with E-state index in [4.69, 9.17) is 9.72 Å². The molecule has 2 saturated carbocycles. The number of rotatable bonds is 8. The van der Waals surface area contributed by atoms with E-state index in [1.165, 1.54) is 30.2 Å². The molecule has 3 aromatic carbocycles. The van der Waals surface area contributed by atoms with Crippen LogP contribution in [0.4, 0.5) is 0 Å². The maximum absolute atomic E-state index is 13.7. The van der Waals surface area contributed by atoms with E-state index in [1.807, 2.05) is 31.3 Å². The molecule has 8 heteroatoms. The van der Waals surface area contributed by atoms with Crippen LogP contribution in [0.25, 0.3) is 44.6 Å². The van der Waals surface area contributed by atoms with Crippen molar-refractivity contribution in [3.05, 3.63) is 71.8 Å². The predicted octanol–water partition coefficient (Wildman–Crippen LogP) is 6.54. The molecule has 1 aliphatic heterocycles. The van der Waals surface area contributed by atoms with E-state index >= 15 is 0 Å². The number of nitrogens with one attached hydrogen (secondary N) is 1. The van der Waals surface area contributed by atoms with Crippen LogP contribution in [-0.4, -0.2) is 50.5 Å². The summed E-state index contributed by atoms with van der Waals surface area (Å²) in [5.41, 5.74) is 7.91. The van der Waals surface area contributed by atoms with Crippen LogP contribution in [0.15, 0.2) is 60.7 Å². The van der Waals surface area contributed by atoms with Crippen molar-refractivity contribution < 1.29 is 14.3 Å². The molecule has 2 aliphatic carbocycles. The van der Waals surface area contributed by atoms with Gasteiger partial charge in [0.15, 0.2) is 5.82 Å². The second-order valence-corrected chi connectivity index (χ2v) is 13.3. The van der Waals surface area contributed by atoms with Crippen LogP contribution in [0.2, 0.25) is 0 Å². The van der Waals surface area contributed by atoms with Gasteiger partial charge in [0.2, 0.25) is 5.91 Å². The normalized spacial score (nSPS) is 19.1. The van der Waals surface area contributed by atoms with Gasteiger partial charge in [0.1, 0.15) is 11.3 Å². The number of hydrogen-bond acceptors (Lipinski definition) is 4. The number of carbonyl (C=O) groups is 2. The van der Waals surface area contributed by atoms with E-state index in [1.54, 1.807) is 14.0 Å². The Morgan fingerprint density at radius 1 is 1.00 bits per heavy atom. The van der Waals surface area contributed by atoms with Crippen molar-refractivity contribution in [2.24, 2.45) is 18.9 Å². The van der Waals surface area contributed by atoms with Crippen molar-refractivity contribution in [1.82, 2.24) is 24.3 Å². The fourth-order valence-electron chi connectivity index (χ4n) is 7.62. The summed E-state index contributed by atoms with van der Waals surface area (Å²) in [5, 5.41) is 4.07. The second-order valence-electron chi connectivity index (χ2n) is 13.3. The van der Waals surface area contributed by atoms with Gasteiger partial charge in [-0.3, -0.25) is 9.59 Å². The Labute approximate surface area is 263 Å². The number of methoxy groups -OCH3 is 1. The predicted molar refractivity (Wildman–Crippen MR) is 176 cm³/mol. The Morgan fingerprint density at radius 2 is 1.84 bits per heavy atom. The minimum atomic E-state index is -0.0342. The summed E-state index contributed by atoms with van der Waals surface area (Å²) in [6.07, 6.45) is 5.96. The van der Waals surface area contributed by atoms with E-state index < -0.39 is 0 Å².